The largest absolute Gasteiger partial charge is 0.493 e. The first kappa shape index (κ1) is 23.4. The number of carbonyl (C=O) groups is 2. The maximum absolute atomic E-state index is 13.2. The zero-order valence-corrected chi connectivity index (χ0v) is 19.1. The van der Waals surface area contributed by atoms with Crippen molar-refractivity contribution in [3.05, 3.63) is 53.6 Å². The van der Waals surface area contributed by atoms with Crippen LogP contribution in [0.25, 0.3) is 0 Å². The van der Waals surface area contributed by atoms with E-state index in [0.29, 0.717) is 43.0 Å². The molecule has 0 spiro atoms. The third-order valence-corrected chi connectivity index (χ3v) is 5.95. The average Bonchev–Trinajstić information content (AvgIpc) is 2.81. The molecule has 0 atom stereocenters. The molecule has 3 N–H and O–H groups in total. The number of benzene rings is 2. The smallest absolute Gasteiger partial charge is 0.320 e. The van der Waals surface area contributed by atoms with Crippen LogP contribution >= 0.6 is 0 Å². The maximum Gasteiger partial charge on any atom is 0.320 e. The fourth-order valence-electron chi connectivity index (χ4n) is 4.11. The van der Waals surface area contributed by atoms with Crippen molar-refractivity contribution in [3.8, 4) is 11.5 Å². The summed E-state index contributed by atoms with van der Waals surface area (Å²) in [6.45, 7) is 2.46. The summed E-state index contributed by atoms with van der Waals surface area (Å²) in [4.78, 5) is 25.8. The molecule has 0 aromatic heterocycles. The van der Waals surface area contributed by atoms with Gasteiger partial charge in [-0.25, -0.2) is 4.79 Å². The standard InChI is InChI=1S/C25H33N3O4/c1-18-7-10-20(11-8-18)27-24(30)28-25(14-5-4-6-15-25)23(29)26-16-13-19-9-12-21(31-2)22(17-19)32-3/h7-12,17H,4-6,13-16H2,1-3H3,(H,26,29)(H2,27,28,30). The normalized spacial score (nSPS) is 14.8. The number of carbonyl (C=O) groups excluding carboxylic acids is 2. The van der Waals surface area contributed by atoms with Gasteiger partial charge < -0.3 is 25.4 Å². The topological polar surface area (TPSA) is 88.7 Å². The van der Waals surface area contributed by atoms with Gasteiger partial charge in [0, 0.05) is 12.2 Å². The van der Waals surface area contributed by atoms with Crippen molar-refractivity contribution in [1.29, 1.82) is 0 Å². The highest BCUT2D eigenvalue weighted by Gasteiger charge is 2.40. The number of rotatable bonds is 8. The zero-order chi connectivity index (χ0) is 23.0. The van der Waals surface area contributed by atoms with Crippen molar-refractivity contribution in [3.63, 3.8) is 0 Å². The Kier molecular flexibility index (Phi) is 7.98. The first-order valence-corrected chi connectivity index (χ1v) is 11.1. The lowest BCUT2D eigenvalue weighted by atomic mass is 9.81. The van der Waals surface area contributed by atoms with E-state index in [1.54, 1.807) is 14.2 Å². The fraction of sp³-hybridized carbons (Fsp3) is 0.440. The first-order valence-electron chi connectivity index (χ1n) is 11.1. The minimum Gasteiger partial charge on any atom is -0.493 e. The Morgan fingerprint density at radius 3 is 2.28 bits per heavy atom. The zero-order valence-electron chi connectivity index (χ0n) is 19.1. The van der Waals surface area contributed by atoms with Gasteiger partial charge in [-0.3, -0.25) is 4.79 Å². The van der Waals surface area contributed by atoms with Crippen molar-refractivity contribution in [2.75, 3.05) is 26.1 Å². The van der Waals surface area contributed by atoms with Gasteiger partial charge in [-0.2, -0.15) is 0 Å². The Morgan fingerprint density at radius 1 is 0.938 bits per heavy atom. The molecule has 7 nitrogen and oxygen atoms in total. The summed E-state index contributed by atoms with van der Waals surface area (Å²) < 4.78 is 10.6. The van der Waals surface area contributed by atoms with Crippen LogP contribution in [0.4, 0.5) is 10.5 Å². The maximum atomic E-state index is 13.2. The molecule has 7 heteroatoms. The quantitative estimate of drug-likeness (QED) is 0.575. The molecule has 1 saturated carbocycles. The highest BCUT2D eigenvalue weighted by molar-refractivity contribution is 5.96. The van der Waals surface area contributed by atoms with Crippen LogP contribution in [0.2, 0.25) is 0 Å². The lowest BCUT2D eigenvalue weighted by Crippen LogP contribution is -2.60. The van der Waals surface area contributed by atoms with Gasteiger partial charge in [-0.1, -0.05) is 43.0 Å². The fourth-order valence-corrected chi connectivity index (χ4v) is 4.11. The summed E-state index contributed by atoms with van der Waals surface area (Å²) in [5, 5.41) is 8.86. The van der Waals surface area contributed by atoms with Gasteiger partial charge in [-0.05, 0) is 56.0 Å². The van der Waals surface area contributed by atoms with Crippen LogP contribution in [0.1, 0.15) is 43.2 Å². The van der Waals surface area contributed by atoms with E-state index >= 15 is 0 Å². The van der Waals surface area contributed by atoms with Crippen molar-refractivity contribution in [2.45, 2.75) is 51.0 Å². The number of anilines is 1. The van der Waals surface area contributed by atoms with Gasteiger partial charge >= 0.3 is 6.03 Å². The molecule has 0 bridgehead atoms. The van der Waals surface area contributed by atoms with E-state index in [0.717, 1.165) is 30.4 Å². The first-order chi connectivity index (χ1) is 15.5. The number of urea groups is 1. The second kappa shape index (κ2) is 10.9. The average molecular weight is 440 g/mol. The number of hydrogen-bond acceptors (Lipinski definition) is 4. The predicted octanol–water partition coefficient (Wildman–Crippen LogP) is 4.20. The molecule has 1 aliphatic carbocycles. The molecule has 1 fully saturated rings. The summed E-state index contributed by atoms with van der Waals surface area (Å²) in [5.41, 5.74) is 1.97. The number of methoxy groups -OCH3 is 2. The molecule has 172 valence electrons. The van der Waals surface area contributed by atoms with Crippen molar-refractivity contribution >= 4 is 17.6 Å². The highest BCUT2D eigenvalue weighted by atomic mass is 16.5. The van der Waals surface area contributed by atoms with E-state index < -0.39 is 5.54 Å². The van der Waals surface area contributed by atoms with Gasteiger partial charge in [0.1, 0.15) is 5.54 Å². The molecule has 0 unspecified atom stereocenters. The van der Waals surface area contributed by atoms with E-state index in [1.165, 1.54) is 0 Å². The SMILES string of the molecule is COc1ccc(CCNC(=O)C2(NC(=O)Nc3ccc(C)cc3)CCCCC2)cc1OC. The molecule has 2 aromatic carbocycles. The molecule has 32 heavy (non-hydrogen) atoms. The molecule has 1 aliphatic rings. The van der Waals surface area contributed by atoms with E-state index in [4.69, 9.17) is 9.47 Å². The van der Waals surface area contributed by atoms with Crippen molar-refractivity contribution in [2.24, 2.45) is 0 Å². The number of nitrogens with one attached hydrogen (secondary N) is 3. The summed E-state index contributed by atoms with van der Waals surface area (Å²) in [6.07, 6.45) is 4.81. The van der Waals surface area contributed by atoms with Crippen LogP contribution in [0.5, 0.6) is 11.5 Å². The van der Waals surface area contributed by atoms with Gasteiger partial charge in [0.25, 0.3) is 0 Å². The molecular weight excluding hydrogens is 406 g/mol. The highest BCUT2D eigenvalue weighted by Crippen LogP contribution is 2.29. The van der Waals surface area contributed by atoms with Crippen LogP contribution in [-0.4, -0.2) is 38.2 Å². The second-order valence-corrected chi connectivity index (χ2v) is 8.28. The van der Waals surface area contributed by atoms with Crippen molar-refractivity contribution in [1.82, 2.24) is 10.6 Å². The monoisotopic (exact) mass is 439 g/mol. The molecular formula is C25H33N3O4. The molecule has 0 saturated heterocycles. The van der Waals surface area contributed by atoms with Crippen LogP contribution in [-0.2, 0) is 11.2 Å². The number of ether oxygens (including phenoxy) is 2. The summed E-state index contributed by atoms with van der Waals surface area (Å²) in [5.74, 6) is 1.21. The molecule has 0 aliphatic heterocycles. The summed E-state index contributed by atoms with van der Waals surface area (Å²) in [6, 6.07) is 12.9. The van der Waals surface area contributed by atoms with Gasteiger partial charge in [0.15, 0.2) is 11.5 Å². The lowest BCUT2D eigenvalue weighted by Gasteiger charge is -2.36. The van der Waals surface area contributed by atoms with Gasteiger partial charge in [0.2, 0.25) is 5.91 Å². The van der Waals surface area contributed by atoms with Gasteiger partial charge in [-0.15, -0.1) is 0 Å². The van der Waals surface area contributed by atoms with Crippen molar-refractivity contribution < 1.29 is 19.1 Å². The third-order valence-electron chi connectivity index (χ3n) is 5.95. The summed E-state index contributed by atoms with van der Waals surface area (Å²) >= 11 is 0. The van der Waals surface area contributed by atoms with E-state index in [9.17, 15) is 9.59 Å². The Morgan fingerprint density at radius 2 is 1.62 bits per heavy atom. The second-order valence-electron chi connectivity index (χ2n) is 8.28. The molecule has 0 heterocycles. The molecule has 3 amide bonds. The summed E-state index contributed by atoms with van der Waals surface area (Å²) in [7, 11) is 3.20. The van der Waals surface area contributed by atoms with Gasteiger partial charge in [0.05, 0.1) is 14.2 Å². The number of amides is 3. The van der Waals surface area contributed by atoms with E-state index in [1.807, 2.05) is 49.4 Å². The predicted molar refractivity (Wildman–Crippen MR) is 125 cm³/mol. The molecule has 3 rings (SSSR count). The van der Waals surface area contributed by atoms with Crippen LogP contribution in [0, 0.1) is 6.92 Å². The van der Waals surface area contributed by atoms with Crippen LogP contribution in [0.3, 0.4) is 0 Å². The molecule has 2 aromatic rings. The minimum absolute atomic E-state index is 0.128. The molecule has 0 radical (unpaired) electrons. The van der Waals surface area contributed by atoms with Crippen LogP contribution in [0.15, 0.2) is 42.5 Å². The Balaban J connectivity index is 1.60. The number of hydrogen-bond donors (Lipinski definition) is 3. The lowest BCUT2D eigenvalue weighted by molar-refractivity contribution is -0.128. The van der Waals surface area contributed by atoms with Crippen LogP contribution < -0.4 is 25.4 Å². The minimum atomic E-state index is -0.884. The van der Waals surface area contributed by atoms with E-state index in [2.05, 4.69) is 16.0 Å². The van der Waals surface area contributed by atoms with E-state index in [-0.39, 0.29) is 11.9 Å². The Bertz CT molecular complexity index is 921. The Labute approximate surface area is 189 Å². The Hall–Kier alpha value is -3.22. The third kappa shape index (κ3) is 5.93. The number of aryl methyl sites for hydroxylation is 1.